The van der Waals surface area contributed by atoms with Crippen molar-refractivity contribution < 1.29 is 10.2 Å². The van der Waals surface area contributed by atoms with Gasteiger partial charge in [0.25, 0.3) is 0 Å². The first-order valence-corrected chi connectivity index (χ1v) is 7.64. The van der Waals surface area contributed by atoms with E-state index in [-0.39, 0.29) is 29.5 Å². The van der Waals surface area contributed by atoms with Gasteiger partial charge in [-0.1, -0.05) is 34.1 Å². The molecule has 0 aliphatic carbocycles. The quantitative estimate of drug-likeness (QED) is 0.673. The Labute approximate surface area is 131 Å². The smallest absolute Gasteiger partial charge is 0.124 e. The fourth-order valence-corrected chi connectivity index (χ4v) is 3.19. The normalized spacial score (nSPS) is 25.1. The lowest BCUT2D eigenvalue weighted by Crippen LogP contribution is -2.29. The van der Waals surface area contributed by atoms with Crippen LogP contribution in [0.1, 0.15) is 30.0 Å². The Balaban J connectivity index is 1.99. The van der Waals surface area contributed by atoms with E-state index in [1.54, 1.807) is 12.1 Å². The first-order chi connectivity index (χ1) is 10.1. The third kappa shape index (κ3) is 2.77. The summed E-state index contributed by atoms with van der Waals surface area (Å²) in [6.45, 7) is 2.11. The third-order valence-corrected chi connectivity index (χ3v) is 4.50. The molecule has 1 aliphatic rings. The van der Waals surface area contributed by atoms with Crippen molar-refractivity contribution in [2.75, 3.05) is 0 Å². The highest BCUT2D eigenvalue weighted by Gasteiger charge is 2.36. The van der Waals surface area contributed by atoms with Crippen molar-refractivity contribution in [1.82, 2.24) is 10.9 Å². The van der Waals surface area contributed by atoms with Crippen LogP contribution >= 0.6 is 15.9 Å². The van der Waals surface area contributed by atoms with E-state index in [1.807, 2.05) is 12.1 Å². The zero-order valence-corrected chi connectivity index (χ0v) is 13.1. The number of benzene rings is 2. The number of halogens is 1. The highest BCUT2D eigenvalue weighted by molar-refractivity contribution is 9.10. The molecule has 4 N–H and O–H groups in total. The molecule has 2 aromatic carbocycles. The maximum atomic E-state index is 10.1. The lowest BCUT2D eigenvalue weighted by atomic mass is 9.84. The third-order valence-electron chi connectivity index (χ3n) is 3.97. The average Bonchev–Trinajstić information content (AvgIpc) is 2.82. The van der Waals surface area contributed by atoms with E-state index < -0.39 is 0 Å². The second kappa shape index (κ2) is 5.67. The van der Waals surface area contributed by atoms with Gasteiger partial charge in [-0.2, -0.15) is 0 Å². The molecule has 4 nitrogen and oxygen atoms in total. The van der Waals surface area contributed by atoms with E-state index in [0.29, 0.717) is 0 Å². The minimum absolute atomic E-state index is 0.0539. The number of nitrogens with one attached hydrogen (secondary N) is 2. The molecule has 0 spiro atoms. The Morgan fingerprint density at radius 3 is 2.38 bits per heavy atom. The molecule has 1 heterocycles. The first-order valence-electron chi connectivity index (χ1n) is 6.84. The number of hydrazine groups is 1. The summed E-state index contributed by atoms with van der Waals surface area (Å²) in [4.78, 5) is 0. The van der Waals surface area contributed by atoms with E-state index in [0.717, 1.165) is 10.0 Å². The molecule has 3 atom stereocenters. The molecule has 1 aliphatic heterocycles. The molecule has 0 aromatic heterocycles. The summed E-state index contributed by atoms with van der Waals surface area (Å²) in [6.07, 6.45) is 0. The Morgan fingerprint density at radius 2 is 1.71 bits per heavy atom. The maximum absolute atomic E-state index is 10.1. The minimum Gasteiger partial charge on any atom is -0.508 e. The molecule has 3 rings (SSSR count). The van der Waals surface area contributed by atoms with Gasteiger partial charge in [-0.05, 0) is 30.7 Å². The van der Waals surface area contributed by atoms with Crippen molar-refractivity contribution in [3.63, 3.8) is 0 Å². The molecular formula is C16H17BrN2O2. The van der Waals surface area contributed by atoms with Crippen molar-refractivity contribution in [3.05, 3.63) is 58.1 Å². The van der Waals surface area contributed by atoms with Gasteiger partial charge in [0.15, 0.2) is 0 Å². The Kier molecular flexibility index (Phi) is 3.89. The van der Waals surface area contributed by atoms with E-state index in [4.69, 9.17) is 0 Å². The van der Waals surface area contributed by atoms with Crippen LogP contribution < -0.4 is 10.9 Å². The van der Waals surface area contributed by atoms with Gasteiger partial charge in [-0.3, -0.25) is 5.43 Å². The Morgan fingerprint density at radius 1 is 1.00 bits per heavy atom. The second-order valence-electron chi connectivity index (χ2n) is 5.38. The Hall–Kier alpha value is -1.56. The van der Waals surface area contributed by atoms with Crippen molar-refractivity contribution >= 4 is 15.9 Å². The summed E-state index contributed by atoms with van der Waals surface area (Å²) < 4.78 is 1.04. The monoisotopic (exact) mass is 348 g/mol. The van der Waals surface area contributed by atoms with Crippen molar-refractivity contribution in [2.45, 2.75) is 24.9 Å². The molecule has 2 aromatic rings. The summed E-state index contributed by atoms with van der Waals surface area (Å²) in [5, 5.41) is 19.6. The number of phenolic OH excluding ortho intramolecular Hbond substituents is 2. The highest BCUT2D eigenvalue weighted by atomic mass is 79.9. The number of rotatable bonds is 2. The van der Waals surface area contributed by atoms with Gasteiger partial charge in [0, 0.05) is 28.1 Å². The molecule has 3 unspecified atom stereocenters. The van der Waals surface area contributed by atoms with E-state index in [9.17, 15) is 10.2 Å². The van der Waals surface area contributed by atoms with Gasteiger partial charge >= 0.3 is 0 Å². The average molecular weight is 349 g/mol. The molecule has 0 bridgehead atoms. The largest absolute Gasteiger partial charge is 0.508 e. The zero-order valence-electron chi connectivity index (χ0n) is 11.5. The summed E-state index contributed by atoms with van der Waals surface area (Å²) >= 11 is 3.45. The number of phenols is 2. The fourth-order valence-electron chi connectivity index (χ4n) is 2.92. The van der Waals surface area contributed by atoms with Crippen LogP contribution in [0.15, 0.2) is 46.9 Å². The molecule has 0 saturated carbocycles. The molecular weight excluding hydrogens is 332 g/mol. The molecule has 21 heavy (non-hydrogen) atoms. The first kappa shape index (κ1) is 14.4. The summed E-state index contributed by atoms with van der Waals surface area (Å²) in [5.41, 5.74) is 8.45. The van der Waals surface area contributed by atoms with Crippen molar-refractivity contribution in [3.8, 4) is 11.5 Å². The van der Waals surface area contributed by atoms with E-state index >= 15 is 0 Å². The van der Waals surface area contributed by atoms with Crippen LogP contribution in [0, 0.1) is 0 Å². The van der Waals surface area contributed by atoms with E-state index in [1.165, 1.54) is 11.6 Å². The van der Waals surface area contributed by atoms with Crippen LogP contribution in [-0.4, -0.2) is 16.3 Å². The molecule has 5 heteroatoms. The maximum Gasteiger partial charge on any atom is 0.124 e. The highest BCUT2D eigenvalue weighted by Crippen LogP contribution is 2.41. The van der Waals surface area contributed by atoms with Crippen LogP contribution in [-0.2, 0) is 0 Å². The molecule has 110 valence electrons. The van der Waals surface area contributed by atoms with Crippen molar-refractivity contribution in [2.24, 2.45) is 0 Å². The minimum atomic E-state index is -0.0539. The molecule has 1 saturated heterocycles. The predicted octanol–water partition coefficient (Wildman–Crippen LogP) is 3.18. The number of hydrogen-bond acceptors (Lipinski definition) is 4. The summed E-state index contributed by atoms with van der Waals surface area (Å²) in [5.74, 6) is 0.356. The van der Waals surface area contributed by atoms with Gasteiger partial charge in [-0.25, -0.2) is 5.43 Å². The number of hydrogen-bond donors (Lipinski definition) is 4. The fraction of sp³-hybridized carbons (Fsp3) is 0.250. The number of aromatic hydroxyl groups is 2. The molecule has 1 fully saturated rings. The van der Waals surface area contributed by atoms with Gasteiger partial charge < -0.3 is 10.2 Å². The predicted molar refractivity (Wildman–Crippen MR) is 85.1 cm³/mol. The summed E-state index contributed by atoms with van der Waals surface area (Å²) in [7, 11) is 0. The lowest BCUT2D eigenvalue weighted by molar-refractivity contribution is 0.432. The van der Waals surface area contributed by atoms with Gasteiger partial charge in [0.1, 0.15) is 11.5 Å². The zero-order chi connectivity index (χ0) is 15.0. The standard InChI is InChI=1S/C16H17BrN2O2/c1-9-15(10-2-4-11(17)5-3-10)16(19-18-9)13-7-6-12(20)8-14(13)21/h2-9,15-16,18-21H,1H3. The van der Waals surface area contributed by atoms with Crippen LogP contribution in [0.2, 0.25) is 0 Å². The molecule has 0 amide bonds. The van der Waals surface area contributed by atoms with Crippen LogP contribution in [0.5, 0.6) is 11.5 Å². The van der Waals surface area contributed by atoms with Crippen LogP contribution in [0.25, 0.3) is 0 Å². The topological polar surface area (TPSA) is 64.5 Å². The Bertz CT molecular complexity index is 645. The van der Waals surface area contributed by atoms with Gasteiger partial charge in [-0.15, -0.1) is 0 Å². The van der Waals surface area contributed by atoms with Crippen LogP contribution in [0.4, 0.5) is 0 Å². The summed E-state index contributed by atoms with van der Waals surface area (Å²) in [6, 6.07) is 13.1. The van der Waals surface area contributed by atoms with E-state index in [2.05, 4.69) is 45.8 Å². The van der Waals surface area contributed by atoms with Gasteiger partial charge in [0.2, 0.25) is 0 Å². The molecule has 0 radical (unpaired) electrons. The van der Waals surface area contributed by atoms with Gasteiger partial charge in [0.05, 0.1) is 6.04 Å². The lowest BCUT2D eigenvalue weighted by Gasteiger charge is -2.22. The SMILES string of the molecule is CC1NNC(c2ccc(O)cc2O)C1c1ccc(Br)cc1. The van der Waals surface area contributed by atoms with Crippen molar-refractivity contribution in [1.29, 1.82) is 0 Å². The second-order valence-corrected chi connectivity index (χ2v) is 6.29. The van der Waals surface area contributed by atoms with Crippen LogP contribution in [0.3, 0.4) is 0 Å².